The highest BCUT2D eigenvalue weighted by Gasteiger charge is 2.57. The standard InChI is InChI=1S/C24H30O6/c1-13(25)28-16-5-6-17-18-9-10-24(4)21(7-8-23(24)30-15(3)27)19(18)12-22(20(17)11-16)29-14(2)26/h5-6,11,18-19,21-23H,7-10,12H2,1-4H3/t18-,19+,21+,22-,23-,24+/m0/s1. The van der Waals surface area contributed by atoms with Gasteiger partial charge in [-0.25, -0.2) is 0 Å². The highest BCUT2D eigenvalue weighted by atomic mass is 16.5. The third-order valence-electron chi connectivity index (χ3n) is 7.52. The summed E-state index contributed by atoms with van der Waals surface area (Å²) in [5, 5.41) is 0. The largest absolute Gasteiger partial charge is 0.462 e. The van der Waals surface area contributed by atoms with Crippen molar-refractivity contribution >= 4 is 17.9 Å². The van der Waals surface area contributed by atoms with Crippen molar-refractivity contribution in [2.24, 2.45) is 17.3 Å². The minimum atomic E-state index is -0.372. The van der Waals surface area contributed by atoms with Gasteiger partial charge in [-0.15, -0.1) is 0 Å². The molecule has 0 aliphatic heterocycles. The molecule has 0 heterocycles. The molecule has 3 aliphatic rings. The summed E-state index contributed by atoms with van der Waals surface area (Å²) in [5.74, 6) is 0.726. The quantitative estimate of drug-likeness (QED) is 0.537. The molecule has 0 aromatic heterocycles. The van der Waals surface area contributed by atoms with Gasteiger partial charge in [0.25, 0.3) is 0 Å². The Balaban J connectivity index is 1.69. The lowest BCUT2D eigenvalue weighted by Gasteiger charge is -2.51. The molecule has 30 heavy (non-hydrogen) atoms. The van der Waals surface area contributed by atoms with E-state index in [0.717, 1.165) is 37.7 Å². The lowest BCUT2D eigenvalue weighted by atomic mass is 9.55. The molecule has 0 unspecified atom stereocenters. The van der Waals surface area contributed by atoms with E-state index >= 15 is 0 Å². The number of ether oxygens (including phenoxy) is 3. The molecule has 6 nitrogen and oxygen atoms in total. The maximum Gasteiger partial charge on any atom is 0.308 e. The fraction of sp³-hybridized carbons (Fsp3) is 0.625. The van der Waals surface area contributed by atoms with Gasteiger partial charge in [-0.3, -0.25) is 14.4 Å². The van der Waals surface area contributed by atoms with Crippen LogP contribution in [0.15, 0.2) is 18.2 Å². The van der Waals surface area contributed by atoms with Gasteiger partial charge in [-0.2, -0.15) is 0 Å². The second-order valence-electron chi connectivity index (χ2n) is 9.31. The number of carbonyl (C=O) groups excluding carboxylic acids is 3. The van der Waals surface area contributed by atoms with Gasteiger partial charge in [0, 0.05) is 26.2 Å². The van der Waals surface area contributed by atoms with Gasteiger partial charge in [0.1, 0.15) is 18.0 Å². The Morgan fingerprint density at radius 1 is 0.933 bits per heavy atom. The molecule has 0 amide bonds. The third kappa shape index (κ3) is 3.61. The van der Waals surface area contributed by atoms with Crippen molar-refractivity contribution in [1.82, 2.24) is 0 Å². The third-order valence-corrected chi connectivity index (χ3v) is 7.52. The molecule has 2 fully saturated rings. The first kappa shape index (κ1) is 20.9. The fourth-order valence-corrected chi connectivity index (χ4v) is 6.43. The van der Waals surface area contributed by atoms with E-state index in [0.29, 0.717) is 23.5 Å². The molecule has 3 aliphatic carbocycles. The van der Waals surface area contributed by atoms with E-state index in [2.05, 4.69) is 6.92 Å². The predicted octanol–water partition coefficient (Wildman–Crippen LogP) is 4.46. The van der Waals surface area contributed by atoms with Crippen molar-refractivity contribution in [2.45, 2.75) is 77.9 Å². The van der Waals surface area contributed by atoms with Gasteiger partial charge in [0.15, 0.2) is 0 Å². The summed E-state index contributed by atoms with van der Waals surface area (Å²) in [6.07, 6.45) is 4.25. The van der Waals surface area contributed by atoms with Crippen molar-refractivity contribution in [3.05, 3.63) is 29.3 Å². The molecular weight excluding hydrogens is 384 g/mol. The van der Waals surface area contributed by atoms with Crippen LogP contribution in [0.5, 0.6) is 5.75 Å². The van der Waals surface area contributed by atoms with Crippen LogP contribution in [0.25, 0.3) is 0 Å². The Morgan fingerprint density at radius 3 is 2.33 bits per heavy atom. The van der Waals surface area contributed by atoms with Crippen LogP contribution in [0.1, 0.15) is 82.9 Å². The molecule has 0 radical (unpaired) electrons. The summed E-state index contributed by atoms with van der Waals surface area (Å²) in [6, 6.07) is 5.71. The monoisotopic (exact) mass is 414 g/mol. The van der Waals surface area contributed by atoms with E-state index in [1.807, 2.05) is 18.2 Å². The Hall–Kier alpha value is -2.37. The van der Waals surface area contributed by atoms with E-state index in [-0.39, 0.29) is 35.5 Å². The zero-order valence-corrected chi connectivity index (χ0v) is 18.1. The van der Waals surface area contributed by atoms with Gasteiger partial charge < -0.3 is 14.2 Å². The van der Waals surface area contributed by atoms with Crippen LogP contribution >= 0.6 is 0 Å². The summed E-state index contributed by atoms with van der Waals surface area (Å²) in [7, 11) is 0. The normalized spacial score (nSPS) is 34.2. The van der Waals surface area contributed by atoms with Crippen LogP contribution in [-0.2, 0) is 23.9 Å². The summed E-state index contributed by atoms with van der Waals surface area (Å²) in [4.78, 5) is 34.9. The molecule has 0 bridgehead atoms. The van der Waals surface area contributed by atoms with Crippen molar-refractivity contribution in [2.75, 3.05) is 0 Å². The van der Waals surface area contributed by atoms with Gasteiger partial charge in [-0.1, -0.05) is 13.0 Å². The van der Waals surface area contributed by atoms with Crippen LogP contribution in [-0.4, -0.2) is 24.0 Å². The maximum absolute atomic E-state index is 11.8. The van der Waals surface area contributed by atoms with Crippen molar-refractivity contribution in [1.29, 1.82) is 0 Å². The number of hydrogen-bond donors (Lipinski definition) is 0. The van der Waals surface area contributed by atoms with Gasteiger partial charge in [0.05, 0.1) is 0 Å². The fourth-order valence-electron chi connectivity index (χ4n) is 6.43. The molecule has 0 N–H and O–H groups in total. The average molecular weight is 414 g/mol. The smallest absolute Gasteiger partial charge is 0.308 e. The first-order valence-corrected chi connectivity index (χ1v) is 10.9. The Kier molecular flexibility index (Phi) is 5.37. The van der Waals surface area contributed by atoms with Gasteiger partial charge in [0.2, 0.25) is 0 Å². The van der Waals surface area contributed by atoms with Crippen LogP contribution in [0, 0.1) is 17.3 Å². The highest BCUT2D eigenvalue weighted by Crippen LogP contribution is 2.63. The van der Waals surface area contributed by atoms with Crippen molar-refractivity contribution in [3.63, 3.8) is 0 Å². The lowest BCUT2D eigenvalue weighted by Crippen LogP contribution is -2.45. The topological polar surface area (TPSA) is 78.9 Å². The summed E-state index contributed by atoms with van der Waals surface area (Å²) in [5.41, 5.74) is 2.10. The Labute approximate surface area is 177 Å². The molecule has 4 rings (SSSR count). The predicted molar refractivity (Wildman–Crippen MR) is 109 cm³/mol. The molecule has 2 saturated carbocycles. The minimum absolute atomic E-state index is 0.0389. The molecule has 6 heteroatoms. The van der Waals surface area contributed by atoms with Gasteiger partial charge in [-0.05, 0) is 73.1 Å². The Morgan fingerprint density at radius 2 is 1.67 bits per heavy atom. The van der Waals surface area contributed by atoms with Gasteiger partial charge >= 0.3 is 17.9 Å². The molecule has 0 saturated heterocycles. The zero-order chi connectivity index (χ0) is 21.6. The number of carbonyl (C=O) groups is 3. The van der Waals surface area contributed by atoms with Crippen LogP contribution < -0.4 is 4.74 Å². The lowest BCUT2D eigenvalue weighted by molar-refractivity contribution is -0.157. The first-order valence-electron chi connectivity index (χ1n) is 10.9. The van der Waals surface area contributed by atoms with E-state index < -0.39 is 0 Å². The van der Waals surface area contributed by atoms with Crippen molar-refractivity contribution < 1.29 is 28.6 Å². The number of benzene rings is 1. The number of fused-ring (bicyclic) bond motifs is 5. The second kappa shape index (κ2) is 7.71. The van der Waals surface area contributed by atoms with E-state index in [1.54, 1.807) is 0 Å². The number of esters is 3. The minimum Gasteiger partial charge on any atom is -0.462 e. The number of hydrogen-bond acceptors (Lipinski definition) is 6. The second-order valence-corrected chi connectivity index (χ2v) is 9.31. The molecule has 6 atom stereocenters. The average Bonchev–Trinajstić information content (AvgIpc) is 2.97. The molecule has 1 aromatic carbocycles. The van der Waals surface area contributed by atoms with Crippen molar-refractivity contribution in [3.8, 4) is 5.75 Å². The highest BCUT2D eigenvalue weighted by molar-refractivity contribution is 5.70. The zero-order valence-electron chi connectivity index (χ0n) is 18.1. The summed E-state index contributed by atoms with van der Waals surface area (Å²) in [6.45, 7) is 6.55. The number of rotatable bonds is 3. The molecular formula is C24H30O6. The van der Waals surface area contributed by atoms with Crippen LogP contribution in [0.2, 0.25) is 0 Å². The van der Waals surface area contributed by atoms with Crippen LogP contribution in [0.4, 0.5) is 0 Å². The summed E-state index contributed by atoms with van der Waals surface area (Å²) >= 11 is 0. The Bertz CT molecular complexity index is 876. The molecule has 0 spiro atoms. The van der Waals surface area contributed by atoms with E-state index in [1.165, 1.54) is 26.3 Å². The summed E-state index contributed by atoms with van der Waals surface area (Å²) < 4.78 is 16.7. The van der Waals surface area contributed by atoms with Crippen LogP contribution in [0.3, 0.4) is 0 Å². The first-order chi connectivity index (χ1) is 14.2. The molecule has 1 aromatic rings. The van der Waals surface area contributed by atoms with E-state index in [4.69, 9.17) is 14.2 Å². The molecule has 162 valence electrons. The maximum atomic E-state index is 11.8. The van der Waals surface area contributed by atoms with E-state index in [9.17, 15) is 14.4 Å². The SMILES string of the molecule is CC(=O)Oc1ccc2c(c1)[C@@H](OC(C)=O)C[C@H]1[C@H]3CC[C@H](OC(C)=O)[C@]3(C)CC[C@@H]21.